The molecule has 112 valence electrons. The van der Waals surface area contributed by atoms with Gasteiger partial charge >= 0.3 is 0 Å². The van der Waals surface area contributed by atoms with Gasteiger partial charge in [0.2, 0.25) is 0 Å². The van der Waals surface area contributed by atoms with E-state index in [4.69, 9.17) is 10.5 Å². The number of nitrogens with zero attached hydrogens (tertiary/aromatic N) is 3. The molecular formula is C16H22N4O. The minimum absolute atomic E-state index is 0.342. The first kappa shape index (κ1) is 13.9. The highest BCUT2D eigenvalue weighted by molar-refractivity contribution is 5.58. The fourth-order valence-corrected chi connectivity index (χ4v) is 2.66. The number of rotatable bonds is 5. The number of nitrogens with two attached hydrogens (primary N) is 1. The molecule has 2 heterocycles. The Morgan fingerprint density at radius 3 is 2.76 bits per heavy atom. The molecule has 0 spiro atoms. The van der Waals surface area contributed by atoms with Crippen molar-refractivity contribution in [2.45, 2.75) is 25.4 Å². The molecule has 21 heavy (non-hydrogen) atoms. The van der Waals surface area contributed by atoms with E-state index in [1.807, 2.05) is 29.1 Å². The molecule has 5 heteroatoms. The van der Waals surface area contributed by atoms with Crippen molar-refractivity contribution >= 4 is 5.69 Å². The number of hydrogen-bond donors (Lipinski definition) is 1. The van der Waals surface area contributed by atoms with Crippen molar-refractivity contribution < 1.29 is 4.74 Å². The van der Waals surface area contributed by atoms with Crippen LogP contribution >= 0.6 is 0 Å². The van der Waals surface area contributed by atoms with Crippen LogP contribution < -0.4 is 15.4 Å². The second-order valence-electron chi connectivity index (χ2n) is 5.41. The maximum atomic E-state index is 5.98. The number of benzene rings is 1. The molecule has 0 aliphatic carbocycles. The molecule has 1 aliphatic heterocycles. The predicted octanol–water partition coefficient (Wildman–Crippen LogP) is 1.89. The monoisotopic (exact) mass is 286 g/mol. The maximum Gasteiger partial charge on any atom is 0.142 e. The summed E-state index contributed by atoms with van der Waals surface area (Å²) >= 11 is 0. The highest BCUT2D eigenvalue weighted by Crippen LogP contribution is 2.30. The van der Waals surface area contributed by atoms with Gasteiger partial charge in [-0.3, -0.25) is 4.68 Å². The summed E-state index contributed by atoms with van der Waals surface area (Å²) in [4.78, 5) is 2.37. The Balaban J connectivity index is 1.62. The fourth-order valence-electron chi connectivity index (χ4n) is 2.66. The van der Waals surface area contributed by atoms with Crippen LogP contribution in [0.15, 0.2) is 42.7 Å². The van der Waals surface area contributed by atoms with E-state index in [1.54, 1.807) is 6.20 Å². The third-order valence-corrected chi connectivity index (χ3v) is 3.88. The predicted molar refractivity (Wildman–Crippen MR) is 83.6 cm³/mol. The van der Waals surface area contributed by atoms with E-state index in [1.165, 1.54) is 5.69 Å². The van der Waals surface area contributed by atoms with Gasteiger partial charge in [0.15, 0.2) is 0 Å². The lowest BCUT2D eigenvalue weighted by Crippen LogP contribution is -2.39. The van der Waals surface area contributed by atoms with Crippen molar-refractivity contribution in [3.05, 3.63) is 42.7 Å². The van der Waals surface area contributed by atoms with E-state index in [-0.39, 0.29) is 0 Å². The highest BCUT2D eigenvalue weighted by Gasteiger charge is 2.18. The van der Waals surface area contributed by atoms with Crippen molar-refractivity contribution in [2.75, 3.05) is 24.6 Å². The van der Waals surface area contributed by atoms with Crippen molar-refractivity contribution in [3.8, 4) is 5.75 Å². The normalized spacial score (nSPS) is 16.1. The zero-order valence-electron chi connectivity index (χ0n) is 12.2. The first-order valence-electron chi connectivity index (χ1n) is 7.53. The number of aromatic nitrogens is 2. The largest absolute Gasteiger partial charge is 0.489 e. The molecular weight excluding hydrogens is 264 g/mol. The zero-order valence-corrected chi connectivity index (χ0v) is 12.2. The number of anilines is 1. The van der Waals surface area contributed by atoms with Crippen LogP contribution in [0, 0.1) is 0 Å². The number of piperidine rings is 1. The number of para-hydroxylation sites is 2. The van der Waals surface area contributed by atoms with Crippen LogP contribution in [0.3, 0.4) is 0 Å². The van der Waals surface area contributed by atoms with Gasteiger partial charge < -0.3 is 15.4 Å². The van der Waals surface area contributed by atoms with Crippen LogP contribution in [0.25, 0.3) is 0 Å². The molecule has 3 rings (SSSR count). The molecule has 1 fully saturated rings. The van der Waals surface area contributed by atoms with Crippen LogP contribution in [-0.4, -0.2) is 35.5 Å². The van der Waals surface area contributed by atoms with E-state index in [0.717, 1.165) is 38.2 Å². The molecule has 1 aliphatic rings. The van der Waals surface area contributed by atoms with Crippen molar-refractivity contribution in [1.82, 2.24) is 9.78 Å². The van der Waals surface area contributed by atoms with Crippen molar-refractivity contribution in [3.63, 3.8) is 0 Å². The summed E-state index contributed by atoms with van der Waals surface area (Å²) in [5.41, 5.74) is 7.15. The molecule has 5 nitrogen and oxygen atoms in total. The summed E-state index contributed by atoms with van der Waals surface area (Å²) in [7, 11) is 0. The summed E-state index contributed by atoms with van der Waals surface area (Å²) in [5.74, 6) is 0.945. The van der Waals surface area contributed by atoms with Crippen LogP contribution in [0.5, 0.6) is 5.75 Å². The molecule has 1 aromatic heterocycles. The van der Waals surface area contributed by atoms with Crippen LogP contribution in [-0.2, 0) is 6.54 Å². The second-order valence-corrected chi connectivity index (χ2v) is 5.41. The first-order valence-corrected chi connectivity index (χ1v) is 7.53. The standard InChI is InChI=1S/C16H22N4O/c17-14-6-10-19(11-7-14)15-4-1-2-5-16(15)21-13-12-20-9-3-8-18-20/h1-5,8-9,14H,6-7,10-13,17H2. The van der Waals surface area contributed by atoms with Crippen LogP contribution in [0.2, 0.25) is 0 Å². The van der Waals surface area contributed by atoms with Crippen LogP contribution in [0.4, 0.5) is 5.69 Å². The van der Waals surface area contributed by atoms with Gasteiger partial charge in [-0.05, 0) is 31.0 Å². The Morgan fingerprint density at radius 1 is 1.19 bits per heavy atom. The molecule has 0 bridgehead atoms. The molecule has 0 radical (unpaired) electrons. The smallest absolute Gasteiger partial charge is 0.142 e. The molecule has 0 amide bonds. The quantitative estimate of drug-likeness (QED) is 0.912. The van der Waals surface area contributed by atoms with Gasteiger partial charge in [-0.2, -0.15) is 5.10 Å². The van der Waals surface area contributed by atoms with Gasteiger partial charge in [-0.25, -0.2) is 0 Å². The summed E-state index contributed by atoms with van der Waals surface area (Å²) in [5, 5.41) is 4.18. The van der Waals surface area contributed by atoms with Gasteiger partial charge in [0.05, 0.1) is 12.2 Å². The summed E-state index contributed by atoms with van der Waals surface area (Å²) in [6, 6.07) is 10.5. The average Bonchev–Trinajstić information content (AvgIpc) is 3.02. The highest BCUT2D eigenvalue weighted by atomic mass is 16.5. The zero-order chi connectivity index (χ0) is 14.5. The second kappa shape index (κ2) is 6.63. The van der Waals surface area contributed by atoms with Gasteiger partial charge in [0.25, 0.3) is 0 Å². The SMILES string of the molecule is NC1CCN(c2ccccc2OCCn2cccn2)CC1. The van der Waals surface area contributed by atoms with E-state index >= 15 is 0 Å². The third kappa shape index (κ3) is 3.55. The lowest BCUT2D eigenvalue weighted by Gasteiger charge is -2.33. The number of hydrogen-bond acceptors (Lipinski definition) is 4. The van der Waals surface area contributed by atoms with E-state index < -0.39 is 0 Å². The van der Waals surface area contributed by atoms with Gasteiger partial charge in [-0.15, -0.1) is 0 Å². The molecule has 2 N–H and O–H groups in total. The van der Waals surface area contributed by atoms with Gasteiger partial charge in [-0.1, -0.05) is 12.1 Å². The van der Waals surface area contributed by atoms with E-state index in [9.17, 15) is 0 Å². The van der Waals surface area contributed by atoms with Crippen molar-refractivity contribution in [1.29, 1.82) is 0 Å². The van der Waals surface area contributed by atoms with Crippen LogP contribution in [0.1, 0.15) is 12.8 Å². The molecule has 2 aromatic rings. The first-order chi connectivity index (χ1) is 10.3. The Morgan fingerprint density at radius 2 is 2.00 bits per heavy atom. The fraction of sp³-hybridized carbons (Fsp3) is 0.438. The molecule has 1 aromatic carbocycles. The van der Waals surface area contributed by atoms with Gasteiger partial charge in [0.1, 0.15) is 12.4 Å². The van der Waals surface area contributed by atoms with Gasteiger partial charge in [0, 0.05) is 31.5 Å². The Hall–Kier alpha value is -2.01. The van der Waals surface area contributed by atoms with E-state index in [0.29, 0.717) is 12.6 Å². The van der Waals surface area contributed by atoms with E-state index in [2.05, 4.69) is 22.1 Å². The topological polar surface area (TPSA) is 56.3 Å². The summed E-state index contributed by atoms with van der Waals surface area (Å²) < 4.78 is 7.83. The third-order valence-electron chi connectivity index (χ3n) is 3.88. The maximum absolute atomic E-state index is 5.98. The molecule has 1 saturated heterocycles. The summed E-state index contributed by atoms with van der Waals surface area (Å²) in [6.45, 7) is 3.37. The lowest BCUT2D eigenvalue weighted by molar-refractivity contribution is 0.291. The average molecular weight is 286 g/mol. The molecule has 0 saturated carbocycles. The Labute approximate surface area is 125 Å². The van der Waals surface area contributed by atoms with Crippen molar-refractivity contribution in [2.24, 2.45) is 5.73 Å². The Kier molecular flexibility index (Phi) is 4.40. The minimum atomic E-state index is 0.342. The lowest BCUT2D eigenvalue weighted by atomic mass is 10.1. The summed E-state index contributed by atoms with van der Waals surface area (Å²) in [6.07, 6.45) is 5.81. The number of ether oxygens (including phenoxy) is 1. The minimum Gasteiger partial charge on any atom is -0.489 e. The molecule has 0 atom stereocenters. The molecule has 0 unspecified atom stereocenters. The Bertz CT molecular complexity index is 547.